The number of amides is 5. The Morgan fingerprint density at radius 2 is 1.25 bits per heavy atom. The second-order valence-electron chi connectivity index (χ2n) is 19.9. The van der Waals surface area contributed by atoms with Crippen molar-refractivity contribution in [2.24, 2.45) is 11.8 Å². The summed E-state index contributed by atoms with van der Waals surface area (Å²) in [6, 6.07) is 25.6. The molecular formula is C53H80N8O7. The van der Waals surface area contributed by atoms with Gasteiger partial charge >= 0.3 is 12.2 Å². The third-order valence-electron chi connectivity index (χ3n) is 13.5. The van der Waals surface area contributed by atoms with Crippen LogP contribution in [-0.4, -0.2) is 105 Å². The van der Waals surface area contributed by atoms with Crippen LogP contribution < -0.4 is 31.9 Å². The molecule has 15 nitrogen and oxygen atoms in total. The Labute approximate surface area is 405 Å². The number of carbonyl (C=O) groups excluding carboxylic acids is 5. The van der Waals surface area contributed by atoms with Crippen LogP contribution in [0.4, 0.5) is 26.7 Å². The van der Waals surface area contributed by atoms with Crippen molar-refractivity contribution in [2.45, 2.75) is 149 Å². The molecule has 0 spiro atoms. The van der Waals surface area contributed by atoms with Gasteiger partial charge in [0.05, 0.1) is 26.3 Å². The summed E-state index contributed by atoms with van der Waals surface area (Å²) in [4.78, 5) is 64.6. The molecule has 3 aromatic rings. The number of methoxy groups -OCH3 is 2. The predicted octanol–water partition coefficient (Wildman–Crippen LogP) is 8.56. The number of likely N-dealkylation sites (N-methyl/N-ethyl adjacent to an activating group) is 1. The standard InChI is InChI=1S/C27H31N3O.C14H27N3O3.C12H22N2O3/c1-27(2,3)21-9-13-24(14-10-21)30-25(19-7-11-23(12-8-19)29-18-31)15-16-26(30)20-5-4-6-22(28)17-20;1-9(2)12(16-14(19)20-5)13(18)17-8-6-7-11(17)10(3)15-4;1-8(2)10(13-12(16)17-4)11(15)14-7-5-6-9(14)3/h4-14,17-18,25-26H,15-16,28H2,1-3H3,(H,29,31);9-12,15H,6-8H2,1-5H3,(H,16,19);8-10H,5-7H2,1-4H3,(H,13,16)/t;10?,11?,12-;9-,10?/m.01/s1. The van der Waals surface area contributed by atoms with Crippen LogP contribution in [0.15, 0.2) is 72.8 Å². The zero-order chi connectivity index (χ0) is 50.3. The smallest absolute Gasteiger partial charge is 0.407 e. The van der Waals surface area contributed by atoms with E-state index in [1.165, 1.54) is 36.6 Å². The molecule has 3 aliphatic heterocycles. The van der Waals surface area contributed by atoms with Gasteiger partial charge in [0.25, 0.3) is 0 Å². The second-order valence-corrected chi connectivity index (χ2v) is 19.9. The fourth-order valence-electron chi connectivity index (χ4n) is 9.39. The molecule has 0 aromatic heterocycles. The maximum absolute atomic E-state index is 12.7. The number of rotatable bonds is 13. The Morgan fingerprint density at radius 1 is 0.721 bits per heavy atom. The molecule has 0 saturated carbocycles. The minimum absolute atomic E-state index is 0.00426. The molecule has 6 N–H and O–H groups in total. The number of likely N-dealkylation sites (tertiary alicyclic amines) is 2. The van der Waals surface area contributed by atoms with Crippen molar-refractivity contribution in [2.75, 3.05) is 50.3 Å². The zero-order valence-electron chi connectivity index (χ0n) is 42.6. The van der Waals surface area contributed by atoms with E-state index < -0.39 is 24.3 Å². The van der Waals surface area contributed by atoms with E-state index in [0.29, 0.717) is 6.41 Å². The van der Waals surface area contributed by atoms with Crippen LogP contribution in [0.5, 0.6) is 0 Å². The highest BCUT2D eigenvalue weighted by Gasteiger charge is 2.38. The molecule has 5 unspecified atom stereocenters. The highest BCUT2D eigenvalue weighted by molar-refractivity contribution is 5.87. The highest BCUT2D eigenvalue weighted by Crippen LogP contribution is 2.47. The molecule has 0 bridgehead atoms. The summed E-state index contributed by atoms with van der Waals surface area (Å²) in [6.07, 6.45) is 5.79. The number of ether oxygens (including phenoxy) is 2. The first-order valence-electron chi connectivity index (χ1n) is 24.3. The maximum atomic E-state index is 12.7. The summed E-state index contributed by atoms with van der Waals surface area (Å²) in [5.74, 6) is 0.0486. The summed E-state index contributed by atoms with van der Waals surface area (Å²) in [7, 11) is 4.51. The average molecular weight is 941 g/mol. The summed E-state index contributed by atoms with van der Waals surface area (Å²) in [6.45, 7) is 20.1. The van der Waals surface area contributed by atoms with Gasteiger partial charge in [-0.25, -0.2) is 9.59 Å². The number of nitrogens with zero attached hydrogens (tertiary/aromatic N) is 3. The Morgan fingerprint density at radius 3 is 1.72 bits per heavy atom. The van der Waals surface area contributed by atoms with E-state index in [4.69, 9.17) is 5.73 Å². The number of anilines is 3. The van der Waals surface area contributed by atoms with Crippen LogP contribution in [0, 0.1) is 11.8 Å². The van der Waals surface area contributed by atoms with E-state index in [1.54, 1.807) is 0 Å². The first-order chi connectivity index (χ1) is 32.2. The van der Waals surface area contributed by atoms with Crippen molar-refractivity contribution in [1.82, 2.24) is 25.8 Å². The van der Waals surface area contributed by atoms with Crippen molar-refractivity contribution in [3.8, 4) is 0 Å². The molecule has 0 aliphatic carbocycles. The molecule has 0 radical (unpaired) electrons. The van der Waals surface area contributed by atoms with E-state index in [2.05, 4.69) is 112 Å². The fourth-order valence-corrected chi connectivity index (χ4v) is 9.39. The van der Waals surface area contributed by atoms with Gasteiger partial charge in [0.2, 0.25) is 18.2 Å². The SMILES string of the molecule is CC(C)(C)c1ccc(N2C(c3ccc(NC=O)cc3)CCC2c2cccc(N)c2)cc1.CNC(C)C1CCCN1C(=O)[C@@H](NC(=O)OC)C(C)C.COC(=O)NC(C(=O)N1CCC[C@H]1C)C(C)C. The Balaban J connectivity index is 0.000000237. The first kappa shape index (κ1) is 54.8. The number of hydrogen-bond acceptors (Lipinski definition) is 10. The van der Waals surface area contributed by atoms with Crippen LogP contribution >= 0.6 is 0 Å². The predicted molar refractivity (Wildman–Crippen MR) is 271 cm³/mol. The largest absolute Gasteiger partial charge is 0.453 e. The highest BCUT2D eigenvalue weighted by atomic mass is 16.5. The zero-order valence-corrected chi connectivity index (χ0v) is 42.6. The summed E-state index contributed by atoms with van der Waals surface area (Å²) in [5, 5.41) is 11.2. The second kappa shape index (κ2) is 25.5. The quantitative estimate of drug-likeness (QED) is 0.0821. The van der Waals surface area contributed by atoms with Gasteiger partial charge in [-0.1, -0.05) is 84.9 Å². The van der Waals surface area contributed by atoms with Crippen molar-refractivity contribution >= 4 is 47.5 Å². The number of benzene rings is 3. The lowest BCUT2D eigenvalue weighted by atomic mass is 9.87. The van der Waals surface area contributed by atoms with Crippen LogP contribution in [0.2, 0.25) is 0 Å². The van der Waals surface area contributed by atoms with Crippen LogP contribution in [0.25, 0.3) is 0 Å². The molecule has 68 heavy (non-hydrogen) atoms. The van der Waals surface area contributed by atoms with Crippen LogP contribution in [0.1, 0.15) is 130 Å². The Bertz CT molecular complexity index is 2090. The van der Waals surface area contributed by atoms with Gasteiger partial charge in [-0.3, -0.25) is 14.4 Å². The van der Waals surface area contributed by atoms with Crippen LogP contribution in [-0.2, 0) is 29.3 Å². The van der Waals surface area contributed by atoms with Crippen LogP contribution in [0.3, 0.4) is 0 Å². The lowest BCUT2D eigenvalue weighted by Gasteiger charge is -2.34. The van der Waals surface area contributed by atoms with E-state index in [0.717, 1.165) is 63.0 Å². The van der Waals surface area contributed by atoms with Gasteiger partial charge in [0.1, 0.15) is 12.1 Å². The Kier molecular flexibility index (Phi) is 20.5. The molecule has 3 saturated heterocycles. The number of nitrogen functional groups attached to an aromatic ring is 1. The third-order valence-corrected chi connectivity index (χ3v) is 13.5. The normalized spacial score (nSPS) is 20.3. The third kappa shape index (κ3) is 14.6. The van der Waals surface area contributed by atoms with Gasteiger partial charge in [-0.15, -0.1) is 0 Å². The Hall–Kier alpha value is -5.83. The maximum Gasteiger partial charge on any atom is 0.407 e. The van der Waals surface area contributed by atoms with Crippen molar-refractivity contribution < 1.29 is 33.4 Å². The molecule has 3 aliphatic rings. The van der Waals surface area contributed by atoms with E-state index in [-0.39, 0.29) is 59.3 Å². The van der Waals surface area contributed by atoms with Crippen molar-refractivity contribution in [1.29, 1.82) is 0 Å². The number of hydrogen-bond donors (Lipinski definition) is 5. The summed E-state index contributed by atoms with van der Waals surface area (Å²) >= 11 is 0. The first-order valence-corrected chi connectivity index (χ1v) is 24.3. The summed E-state index contributed by atoms with van der Waals surface area (Å²) in [5.41, 5.74) is 12.9. The van der Waals surface area contributed by atoms with Gasteiger partial charge < -0.3 is 51.2 Å². The van der Waals surface area contributed by atoms with E-state index in [1.807, 2.05) is 75.7 Å². The molecular weight excluding hydrogens is 861 g/mol. The monoisotopic (exact) mass is 941 g/mol. The number of alkyl carbamates (subject to hydrolysis) is 2. The molecule has 15 heteroatoms. The average Bonchev–Trinajstić information content (AvgIpc) is 4.10. The van der Waals surface area contributed by atoms with Gasteiger partial charge in [0, 0.05) is 48.3 Å². The van der Waals surface area contributed by atoms with E-state index >= 15 is 0 Å². The summed E-state index contributed by atoms with van der Waals surface area (Å²) < 4.78 is 9.16. The minimum Gasteiger partial charge on any atom is -0.453 e. The molecule has 3 aromatic carbocycles. The number of carbonyl (C=O) groups is 5. The molecule has 3 fully saturated rings. The van der Waals surface area contributed by atoms with Crippen molar-refractivity contribution in [3.05, 3.63) is 89.5 Å². The fraction of sp³-hybridized carbons (Fsp3) is 0.566. The molecule has 374 valence electrons. The lowest BCUT2D eigenvalue weighted by molar-refractivity contribution is -0.136. The molecule has 7 atom stereocenters. The lowest BCUT2D eigenvalue weighted by Crippen LogP contribution is -2.55. The van der Waals surface area contributed by atoms with Crippen molar-refractivity contribution in [3.63, 3.8) is 0 Å². The topological polar surface area (TPSA) is 188 Å². The molecule has 5 amide bonds. The van der Waals surface area contributed by atoms with Gasteiger partial charge in [-0.2, -0.15) is 0 Å². The molecule has 3 heterocycles. The van der Waals surface area contributed by atoms with Gasteiger partial charge in [0.15, 0.2) is 0 Å². The number of nitrogens with one attached hydrogen (secondary N) is 4. The molecule has 6 rings (SSSR count). The minimum atomic E-state index is -0.561. The van der Waals surface area contributed by atoms with Gasteiger partial charge in [-0.05, 0) is 130 Å². The van der Waals surface area contributed by atoms with E-state index in [9.17, 15) is 24.0 Å². The number of nitrogens with two attached hydrogens (primary N) is 1.